The van der Waals surface area contributed by atoms with Crippen molar-refractivity contribution < 1.29 is 47.5 Å². The molecule has 0 aliphatic rings. The zero-order valence-electron chi connectivity index (χ0n) is 33.7. The predicted octanol–water partition coefficient (Wildman–Crippen LogP) is 10.8. The van der Waals surface area contributed by atoms with Gasteiger partial charge in [0.25, 0.3) is 0 Å². The minimum atomic E-state index is -4.52. The second kappa shape index (κ2) is 38.5. The van der Waals surface area contributed by atoms with E-state index in [1.807, 2.05) is 0 Å². The van der Waals surface area contributed by atoms with Crippen LogP contribution in [0.2, 0.25) is 0 Å². The van der Waals surface area contributed by atoms with Crippen LogP contribution < -0.4 is 5.32 Å². The van der Waals surface area contributed by atoms with Crippen LogP contribution in [0.25, 0.3) is 0 Å². The van der Waals surface area contributed by atoms with E-state index < -0.39 is 38.4 Å². The predicted molar refractivity (Wildman–Crippen MR) is 213 cm³/mol. The molecule has 0 rings (SSSR count). The van der Waals surface area contributed by atoms with Gasteiger partial charge in [0.15, 0.2) is 6.10 Å². The number of allylic oxidation sites excluding steroid dienone is 2. The Labute approximate surface area is 322 Å². The van der Waals surface area contributed by atoms with Crippen molar-refractivity contribution in [2.75, 3.05) is 32.9 Å². The molecule has 0 fully saturated rings. The second-order valence-electron chi connectivity index (χ2n) is 14.3. The van der Waals surface area contributed by atoms with E-state index in [2.05, 4.69) is 31.3 Å². The van der Waals surface area contributed by atoms with E-state index in [0.29, 0.717) is 12.8 Å². The summed E-state index contributed by atoms with van der Waals surface area (Å²) >= 11 is 0. The molecular formula is C41H78NO10P. The van der Waals surface area contributed by atoms with E-state index in [4.69, 9.17) is 23.6 Å². The number of hydrogen-bond acceptors (Lipinski definition) is 9. The number of carbonyl (C=O) groups excluding carboxylic acids is 2. The smallest absolute Gasteiger partial charge is 0.472 e. The van der Waals surface area contributed by atoms with Crippen molar-refractivity contribution >= 4 is 25.7 Å². The normalized spacial score (nSPS) is 13.3. The fourth-order valence-corrected chi connectivity index (χ4v) is 6.64. The van der Waals surface area contributed by atoms with Gasteiger partial charge in [0.1, 0.15) is 6.61 Å². The summed E-state index contributed by atoms with van der Waals surface area (Å²) < 4.78 is 33.1. The highest BCUT2D eigenvalue weighted by Crippen LogP contribution is 2.43. The van der Waals surface area contributed by atoms with E-state index >= 15 is 0 Å². The largest absolute Gasteiger partial charge is 0.480 e. The maximum absolute atomic E-state index is 12.6. The lowest BCUT2D eigenvalue weighted by Gasteiger charge is -2.20. The number of carboxylic acid groups (broad SMARTS) is 1. The maximum atomic E-state index is 12.6. The molecule has 0 saturated carbocycles. The Balaban J connectivity index is 4.39. The van der Waals surface area contributed by atoms with Crippen LogP contribution in [0.1, 0.15) is 194 Å². The van der Waals surface area contributed by atoms with Gasteiger partial charge in [-0.1, -0.05) is 154 Å². The third-order valence-electron chi connectivity index (χ3n) is 9.09. The average Bonchev–Trinajstić information content (AvgIpc) is 3.12. The molecule has 0 spiro atoms. The number of nitrogens with one attached hydrogen (secondary N) is 1. The first-order valence-electron chi connectivity index (χ1n) is 21.2. The summed E-state index contributed by atoms with van der Waals surface area (Å²) in [6.07, 6.45) is 34.5. The Morgan fingerprint density at radius 2 is 1.04 bits per heavy atom. The quantitative estimate of drug-likeness (QED) is 0.0235. The van der Waals surface area contributed by atoms with Crippen LogP contribution in [0.4, 0.5) is 0 Å². The number of esters is 2. The molecule has 0 aromatic heterocycles. The first-order valence-corrected chi connectivity index (χ1v) is 22.7. The minimum absolute atomic E-state index is 0.0192. The van der Waals surface area contributed by atoms with Crippen LogP contribution >= 0.6 is 7.82 Å². The highest BCUT2D eigenvalue weighted by molar-refractivity contribution is 7.47. The fourth-order valence-electron chi connectivity index (χ4n) is 5.89. The molecule has 3 N–H and O–H groups in total. The lowest BCUT2D eigenvalue weighted by atomic mass is 10.0. The SMILES string of the molecule is CCCCCCCC/C=C\CCCCCCCC(=O)O[C@H](COC(=O)CCCCCCCCCCCCCCC)COP(=O)(O)OCCNCC(=O)O. The first kappa shape index (κ1) is 51.2. The van der Waals surface area contributed by atoms with Gasteiger partial charge in [0.05, 0.1) is 19.8 Å². The summed E-state index contributed by atoms with van der Waals surface area (Å²) in [6, 6.07) is 0. The Hall–Kier alpha value is -1.78. The number of phosphoric acid groups is 1. The van der Waals surface area contributed by atoms with Crippen LogP contribution in [0.5, 0.6) is 0 Å². The molecule has 0 aromatic carbocycles. The summed E-state index contributed by atoms with van der Waals surface area (Å²) in [5.74, 6) is -1.97. The van der Waals surface area contributed by atoms with Crippen molar-refractivity contribution in [3.05, 3.63) is 12.2 Å². The van der Waals surface area contributed by atoms with Gasteiger partial charge in [0, 0.05) is 19.4 Å². The molecule has 53 heavy (non-hydrogen) atoms. The maximum Gasteiger partial charge on any atom is 0.472 e. The zero-order chi connectivity index (χ0) is 39.1. The van der Waals surface area contributed by atoms with Crippen LogP contribution in [0.3, 0.4) is 0 Å². The molecule has 0 aromatic rings. The summed E-state index contributed by atoms with van der Waals surface area (Å²) in [6.45, 7) is 3.11. The van der Waals surface area contributed by atoms with Gasteiger partial charge in [-0.2, -0.15) is 0 Å². The Morgan fingerprint density at radius 3 is 1.51 bits per heavy atom. The number of unbranched alkanes of at least 4 members (excludes halogenated alkanes) is 23. The van der Waals surface area contributed by atoms with Gasteiger partial charge in [-0.25, -0.2) is 4.57 Å². The summed E-state index contributed by atoms with van der Waals surface area (Å²) in [7, 11) is -4.52. The molecule has 0 amide bonds. The van der Waals surface area contributed by atoms with Crippen LogP contribution in [0.15, 0.2) is 12.2 Å². The molecule has 0 aliphatic carbocycles. The van der Waals surface area contributed by atoms with Gasteiger partial charge in [-0.05, 0) is 38.5 Å². The number of carboxylic acids is 1. The molecule has 0 aliphatic heterocycles. The zero-order valence-corrected chi connectivity index (χ0v) is 34.6. The van der Waals surface area contributed by atoms with E-state index in [9.17, 15) is 23.8 Å². The number of ether oxygens (including phenoxy) is 2. The van der Waals surface area contributed by atoms with Gasteiger partial charge in [0.2, 0.25) is 0 Å². The number of aliphatic carboxylic acids is 1. The lowest BCUT2D eigenvalue weighted by molar-refractivity contribution is -0.161. The van der Waals surface area contributed by atoms with E-state index in [1.54, 1.807) is 0 Å². The lowest BCUT2D eigenvalue weighted by Crippen LogP contribution is -2.30. The highest BCUT2D eigenvalue weighted by Gasteiger charge is 2.26. The van der Waals surface area contributed by atoms with Crippen LogP contribution in [0, 0.1) is 0 Å². The summed E-state index contributed by atoms with van der Waals surface area (Å²) in [4.78, 5) is 45.7. The Morgan fingerprint density at radius 1 is 0.604 bits per heavy atom. The molecule has 12 heteroatoms. The second-order valence-corrected chi connectivity index (χ2v) is 15.7. The third kappa shape index (κ3) is 39.7. The number of carbonyl (C=O) groups is 3. The highest BCUT2D eigenvalue weighted by atomic mass is 31.2. The molecular weight excluding hydrogens is 697 g/mol. The summed E-state index contributed by atoms with van der Waals surface area (Å²) in [5.41, 5.74) is 0. The van der Waals surface area contributed by atoms with Gasteiger partial charge in [-0.3, -0.25) is 23.4 Å². The van der Waals surface area contributed by atoms with E-state index in [1.165, 1.54) is 96.3 Å². The average molecular weight is 776 g/mol. The van der Waals surface area contributed by atoms with Crippen molar-refractivity contribution in [3.8, 4) is 0 Å². The van der Waals surface area contributed by atoms with Crippen molar-refractivity contribution in [1.29, 1.82) is 0 Å². The van der Waals surface area contributed by atoms with E-state index in [-0.39, 0.29) is 39.1 Å². The van der Waals surface area contributed by atoms with Crippen molar-refractivity contribution in [2.24, 2.45) is 0 Å². The molecule has 1 unspecified atom stereocenters. The van der Waals surface area contributed by atoms with E-state index in [0.717, 1.165) is 57.8 Å². The van der Waals surface area contributed by atoms with Crippen molar-refractivity contribution in [1.82, 2.24) is 5.32 Å². The van der Waals surface area contributed by atoms with Crippen molar-refractivity contribution in [2.45, 2.75) is 200 Å². The minimum Gasteiger partial charge on any atom is -0.480 e. The molecule has 0 radical (unpaired) electrons. The first-order chi connectivity index (χ1) is 25.7. The van der Waals surface area contributed by atoms with Crippen LogP contribution in [-0.2, 0) is 37.5 Å². The molecule has 2 atom stereocenters. The Bertz CT molecular complexity index is 948. The number of rotatable bonds is 41. The molecule has 0 saturated heterocycles. The fraction of sp³-hybridized carbons (Fsp3) is 0.878. The molecule has 11 nitrogen and oxygen atoms in total. The van der Waals surface area contributed by atoms with Crippen molar-refractivity contribution in [3.63, 3.8) is 0 Å². The topological polar surface area (TPSA) is 158 Å². The Kier molecular flexibility index (Phi) is 37.2. The molecule has 0 heterocycles. The van der Waals surface area contributed by atoms with Gasteiger partial charge >= 0.3 is 25.7 Å². The van der Waals surface area contributed by atoms with Crippen LogP contribution in [-0.4, -0.2) is 66.9 Å². The molecule has 0 bridgehead atoms. The monoisotopic (exact) mass is 776 g/mol. The number of hydrogen-bond donors (Lipinski definition) is 3. The number of phosphoric ester groups is 1. The third-order valence-corrected chi connectivity index (χ3v) is 10.1. The standard InChI is InChI=1S/C41H78NO10P/c1-3-5-7-9-11-13-15-17-18-20-22-24-26-28-30-32-41(46)52-38(37-51-53(47,48)50-34-33-42-35-39(43)44)36-49-40(45)31-29-27-25-23-21-19-16-14-12-10-8-6-4-2/h17-18,38,42H,3-16,19-37H2,1-2H3,(H,43,44)(H,47,48)/b18-17-/t38-/m1/s1. The van der Waals surface area contributed by atoms with Gasteiger partial charge < -0.3 is 24.8 Å². The summed E-state index contributed by atoms with van der Waals surface area (Å²) in [5, 5.41) is 11.2. The van der Waals surface area contributed by atoms with Gasteiger partial charge in [-0.15, -0.1) is 0 Å². The molecule has 312 valence electrons.